The zero-order valence-electron chi connectivity index (χ0n) is 14.2. The first kappa shape index (κ1) is 16.9. The second-order valence-corrected chi connectivity index (χ2v) is 7.16. The lowest BCUT2D eigenvalue weighted by Gasteiger charge is -2.31. The number of amides is 1. The standard InChI is InChI=1S/C18H18FN5OS/c1-12-9-23(6-5-20-12)18(25)16-11-26-17(22-16)13-8-21-24(10-13)15-4-2-3-14(19)7-15/h2-4,7-8,10-12,20H,5-6,9H2,1H3/t12-/m0/s1. The van der Waals surface area contributed by atoms with Crippen LogP contribution in [0.3, 0.4) is 0 Å². The summed E-state index contributed by atoms with van der Waals surface area (Å²) in [4.78, 5) is 18.9. The lowest BCUT2D eigenvalue weighted by Crippen LogP contribution is -2.51. The maximum atomic E-state index is 13.4. The number of benzene rings is 1. The van der Waals surface area contributed by atoms with Crippen molar-refractivity contribution >= 4 is 17.2 Å². The van der Waals surface area contributed by atoms with Crippen LogP contribution >= 0.6 is 11.3 Å². The average Bonchev–Trinajstić information content (AvgIpc) is 3.30. The van der Waals surface area contributed by atoms with Crippen LogP contribution < -0.4 is 5.32 Å². The zero-order valence-corrected chi connectivity index (χ0v) is 15.0. The molecule has 1 fully saturated rings. The third-order valence-corrected chi connectivity index (χ3v) is 5.17. The number of piperazine rings is 1. The van der Waals surface area contributed by atoms with Gasteiger partial charge in [0, 0.05) is 42.8 Å². The molecule has 0 saturated carbocycles. The van der Waals surface area contributed by atoms with Gasteiger partial charge in [-0.2, -0.15) is 5.10 Å². The normalized spacial score (nSPS) is 17.5. The van der Waals surface area contributed by atoms with E-state index in [1.807, 2.05) is 4.90 Å². The van der Waals surface area contributed by atoms with E-state index in [-0.39, 0.29) is 17.8 Å². The molecule has 3 heterocycles. The molecule has 8 heteroatoms. The first-order valence-corrected chi connectivity index (χ1v) is 9.27. The first-order chi connectivity index (χ1) is 12.6. The van der Waals surface area contributed by atoms with Crippen LogP contribution in [0, 0.1) is 5.82 Å². The van der Waals surface area contributed by atoms with Crippen LogP contribution in [0.2, 0.25) is 0 Å². The van der Waals surface area contributed by atoms with Gasteiger partial charge in [0.2, 0.25) is 0 Å². The van der Waals surface area contributed by atoms with Gasteiger partial charge >= 0.3 is 0 Å². The molecule has 1 aliphatic rings. The van der Waals surface area contributed by atoms with Gasteiger partial charge in [-0.15, -0.1) is 11.3 Å². The van der Waals surface area contributed by atoms with Crippen molar-refractivity contribution in [2.45, 2.75) is 13.0 Å². The molecular weight excluding hydrogens is 353 g/mol. The molecular formula is C18H18FN5OS. The van der Waals surface area contributed by atoms with Crippen molar-refractivity contribution < 1.29 is 9.18 Å². The van der Waals surface area contributed by atoms with Gasteiger partial charge in [-0.3, -0.25) is 4.79 Å². The van der Waals surface area contributed by atoms with Crippen molar-refractivity contribution in [1.82, 2.24) is 25.0 Å². The third-order valence-electron chi connectivity index (χ3n) is 4.28. The van der Waals surface area contributed by atoms with Crippen molar-refractivity contribution in [3.63, 3.8) is 0 Å². The minimum atomic E-state index is -0.313. The van der Waals surface area contributed by atoms with Crippen LogP contribution in [0.15, 0.2) is 42.0 Å². The monoisotopic (exact) mass is 371 g/mol. The highest BCUT2D eigenvalue weighted by atomic mass is 32.1. The molecule has 4 rings (SSSR count). The Labute approximate surface area is 154 Å². The maximum absolute atomic E-state index is 13.4. The lowest BCUT2D eigenvalue weighted by atomic mass is 10.2. The summed E-state index contributed by atoms with van der Waals surface area (Å²) in [5.74, 6) is -0.356. The second kappa shape index (κ2) is 6.97. The van der Waals surface area contributed by atoms with Crippen molar-refractivity contribution in [1.29, 1.82) is 0 Å². The van der Waals surface area contributed by atoms with Crippen LogP contribution in [0.4, 0.5) is 4.39 Å². The van der Waals surface area contributed by atoms with Gasteiger partial charge < -0.3 is 10.2 Å². The van der Waals surface area contributed by atoms with Gasteiger partial charge in [0.05, 0.1) is 11.9 Å². The Morgan fingerprint density at radius 2 is 2.31 bits per heavy atom. The molecule has 1 N–H and O–H groups in total. The Morgan fingerprint density at radius 3 is 3.12 bits per heavy atom. The topological polar surface area (TPSA) is 63.1 Å². The molecule has 1 saturated heterocycles. The quantitative estimate of drug-likeness (QED) is 0.769. The summed E-state index contributed by atoms with van der Waals surface area (Å²) in [6.45, 7) is 4.23. The van der Waals surface area contributed by atoms with E-state index < -0.39 is 0 Å². The fourth-order valence-corrected chi connectivity index (χ4v) is 3.75. The molecule has 1 aliphatic heterocycles. The van der Waals surface area contributed by atoms with E-state index >= 15 is 0 Å². The van der Waals surface area contributed by atoms with E-state index in [1.165, 1.54) is 23.5 Å². The molecule has 3 aromatic rings. The van der Waals surface area contributed by atoms with E-state index in [1.54, 1.807) is 34.6 Å². The minimum Gasteiger partial charge on any atom is -0.334 e. The number of nitrogens with one attached hydrogen (secondary N) is 1. The van der Waals surface area contributed by atoms with Crippen molar-refractivity contribution in [3.8, 4) is 16.3 Å². The Balaban J connectivity index is 1.54. The van der Waals surface area contributed by atoms with E-state index in [0.29, 0.717) is 24.5 Å². The smallest absolute Gasteiger partial charge is 0.273 e. The molecule has 0 aliphatic carbocycles. The fourth-order valence-electron chi connectivity index (χ4n) is 2.98. The van der Waals surface area contributed by atoms with Gasteiger partial charge in [-0.25, -0.2) is 14.1 Å². The highest BCUT2D eigenvalue weighted by molar-refractivity contribution is 7.13. The number of hydrogen-bond donors (Lipinski definition) is 1. The van der Waals surface area contributed by atoms with Crippen LogP contribution in [0.1, 0.15) is 17.4 Å². The maximum Gasteiger partial charge on any atom is 0.273 e. The number of carbonyl (C=O) groups excluding carboxylic acids is 1. The second-order valence-electron chi connectivity index (χ2n) is 6.30. The zero-order chi connectivity index (χ0) is 18.1. The lowest BCUT2D eigenvalue weighted by molar-refractivity contribution is 0.0704. The average molecular weight is 371 g/mol. The van der Waals surface area contributed by atoms with Crippen LogP contribution in [0.25, 0.3) is 16.3 Å². The van der Waals surface area contributed by atoms with Gasteiger partial charge in [-0.05, 0) is 25.1 Å². The summed E-state index contributed by atoms with van der Waals surface area (Å²) < 4.78 is 15.0. The van der Waals surface area contributed by atoms with E-state index in [9.17, 15) is 9.18 Å². The fraction of sp³-hybridized carbons (Fsp3) is 0.278. The predicted octanol–water partition coefficient (Wildman–Crippen LogP) is 2.57. The molecule has 0 radical (unpaired) electrons. The summed E-state index contributed by atoms with van der Waals surface area (Å²) in [6, 6.07) is 6.52. The molecule has 0 spiro atoms. The van der Waals surface area contributed by atoms with E-state index in [4.69, 9.17) is 0 Å². The summed E-state index contributed by atoms with van der Waals surface area (Å²) in [5, 5.41) is 10.1. The third kappa shape index (κ3) is 3.38. The number of nitrogens with zero attached hydrogens (tertiary/aromatic N) is 4. The SMILES string of the molecule is C[C@H]1CN(C(=O)c2csc(-c3cnn(-c4cccc(F)c4)c3)n2)CCN1. The van der Waals surface area contributed by atoms with E-state index in [2.05, 4.69) is 22.3 Å². The number of rotatable bonds is 3. The molecule has 1 aromatic carbocycles. The number of carbonyl (C=O) groups is 1. The van der Waals surface area contributed by atoms with Gasteiger partial charge in [-0.1, -0.05) is 6.07 Å². The summed E-state index contributed by atoms with van der Waals surface area (Å²) in [5.41, 5.74) is 1.89. The molecule has 0 bridgehead atoms. The van der Waals surface area contributed by atoms with E-state index in [0.717, 1.165) is 17.1 Å². The number of thiazole rings is 1. The number of halogens is 1. The summed E-state index contributed by atoms with van der Waals surface area (Å²) >= 11 is 1.41. The molecule has 26 heavy (non-hydrogen) atoms. The molecule has 6 nitrogen and oxygen atoms in total. The molecule has 1 atom stereocenters. The summed E-state index contributed by atoms with van der Waals surface area (Å²) in [7, 11) is 0. The minimum absolute atomic E-state index is 0.0432. The van der Waals surface area contributed by atoms with Gasteiger partial charge in [0.1, 0.15) is 16.5 Å². The molecule has 0 unspecified atom stereocenters. The highest BCUT2D eigenvalue weighted by Gasteiger charge is 2.23. The van der Waals surface area contributed by atoms with Crippen LogP contribution in [0.5, 0.6) is 0 Å². The Bertz CT molecular complexity index is 937. The number of hydrogen-bond acceptors (Lipinski definition) is 5. The Hall–Kier alpha value is -2.58. The van der Waals surface area contributed by atoms with Gasteiger partial charge in [0.25, 0.3) is 5.91 Å². The summed E-state index contributed by atoms with van der Waals surface area (Å²) in [6.07, 6.45) is 3.46. The molecule has 2 aromatic heterocycles. The number of aromatic nitrogens is 3. The van der Waals surface area contributed by atoms with Crippen molar-refractivity contribution in [2.24, 2.45) is 0 Å². The van der Waals surface area contributed by atoms with Gasteiger partial charge in [0.15, 0.2) is 0 Å². The first-order valence-electron chi connectivity index (χ1n) is 8.39. The van der Waals surface area contributed by atoms with Crippen molar-refractivity contribution in [2.75, 3.05) is 19.6 Å². The Morgan fingerprint density at radius 1 is 1.42 bits per heavy atom. The Kier molecular flexibility index (Phi) is 4.52. The largest absolute Gasteiger partial charge is 0.334 e. The van der Waals surface area contributed by atoms with Crippen LogP contribution in [-0.4, -0.2) is 51.2 Å². The molecule has 1 amide bonds. The van der Waals surface area contributed by atoms with Crippen LogP contribution in [-0.2, 0) is 0 Å². The van der Waals surface area contributed by atoms with Crippen molar-refractivity contribution in [3.05, 3.63) is 53.6 Å². The molecule has 134 valence electrons. The highest BCUT2D eigenvalue weighted by Crippen LogP contribution is 2.25. The predicted molar refractivity (Wildman–Crippen MR) is 98.0 cm³/mol.